The molecule has 1 saturated heterocycles. The third-order valence-corrected chi connectivity index (χ3v) is 5.66. The van der Waals surface area contributed by atoms with Crippen LogP contribution in [0.15, 0.2) is 12.1 Å². The summed E-state index contributed by atoms with van der Waals surface area (Å²) in [4.78, 5) is 24.6. The van der Waals surface area contributed by atoms with Gasteiger partial charge in [-0.3, -0.25) is 9.78 Å². The number of anilines is 1. The summed E-state index contributed by atoms with van der Waals surface area (Å²) in [6.07, 6.45) is 0.317. The van der Waals surface area contributed by atoms with Crippen LogP contribution in [0.1, 0.15) is 30.9 Å². The van der Waals surface area contributed by atoms with Gasteiger partial charge in [-0.05, 0) is 45.4 Å². The van der Waals surface area contributed by atoms with E-state index in [1.807, 2.05) is 13.8 Å². The Morgan fingerprint density at radius 1 is 1.25 bits per heavy atom. The number of aryl methyl sites for hydroxylation is 2. The first-order valence-corrected chi connectivity index (χ1v) is 10.3. The van der Waals surface area contributed by atoms with Crippen molar-refractivity contribution in [2.45, 2.75) is 46.4 Å². The highest BCUT2D eigenvalue weighted by Gasteiger charge is 2.26. The highest BCUT2D eigenvalue weighted by molar-refractivity contribution is 7.19. The van der Waals surface area contributed by atoms with E-state index in [2.05, 4.69) is 41.2 Å². The normalized spacial score (nSPS) is 19.7. The number of pyridine rings is 1. The molecular formula is C20H28N4O3S. The van der Waals surface area contributed by atoms with E-state index in [1.54, 1.807) is 11.3 Å². The molecule has 7 nitrogen and oxygen atoms in total. The summed E-state index contributed by atoms with van der Waals surface area (Å²) < 4.78 is 10.8. The van der Waals surface area contributed by atoms with Crippen molar-refractivity contribution in [3.8, 4) is 10.4 Å². The van der Waals surface area contributed by atoms with Crippen molar-refractivity contribution in [2.24, 2.45) is 0 Å². The summed E-state index contributed by atoms with van der Waals surface area (Å²) in [5, 5.41) is 3.85. The average Bonchev–Trinajstić information content (AvgIpc) is 3.03. The summed E-state index contributed by atoms with van der Waals surface area (Å²) in [7, 11) is 1.51. The number of thiazole rings is 1. The molecular weight excluding hydrogens is 376 g/mol. The van der Waals surface area contributed by atoms with Crippen LogP contribution in [0.3, 0.4) is 0 Å². The highest BCUT2D eigenvalue weighted by Crippen LogP contribution is 2.36. The second-order valence-corrected chi connectivity index (χ2v) is 8.26. The molecule has 0 radical (unpaired) electrons. The Labute approximate surface area is 170 Å². The highest BCUT2D eigenvalue weighted by atomic mass is 32.1. The van der Waals surface area contributed by atoms with Gasteiger partial charge in [0.15, 0.2) is 5.13 Å². The van der Waals surface area contributed by atoms with Crippen molar-refractivity contribution >= 4 is 22.4 Å². The van der Waals surface area contributed by atoms with Crippen molar-refractivity contribution in [2.75, 3.05) is 31.7 Å². The molecule has 2 aromatic heterocycles. The number of hydrogen-bond acceptors (Lipinski definition) is 7. The standard InChI is InChI=1S/C20H28N4O3S/c1-12-6-16(7-13(2)22-12)19-17(8-21-18(25)11-26-5)23-20(28-19)24-9-14(3)27-15(4)10-24/h6-7,14-15H,8-11H2,1-5H3,(H,21,25)/t14-,15+. The molecule has 1 fully saturated rings. The summed E-state index contributed by atoms with van der Waals surface area (Å²) in [5.74, 6) is -0.154. The first-order valence-electron chi connectivity index (χ1n) is 9.47. The molecule has 0 aromatic carbocycles. The van der Waals surface area contributed by atoms with E-state index < -0.39 is 0 Å². The third-order valence-electron chi connectivity index (χ3n) is 4.45. The molecule has 1 aliphatic heterocycles. The van der Waals surface area contributed by atoms with Crippen LogP contribution in [0.25, 0.3) is 10.4 Å². The van der Waals surface area contributed by atoms with Gasteiger partial charge in [0.25, 0.3) is 0 Å². The molecule has 28 heavy (non-hydrogen) atoms. The summed E-state index contributed by atoms with van der Waals surface area (Å²) >= 11 is 1.65. The SMILES string of the molecule is COCC(=O)NCc1nc(N2C[C@@H](C)O[C@@H](C)C2)sc1-c1cc(C)nc(C)c1. The Balaban J connectivity index is 1.93. The van der Waals surface area contributed by atoms with E-state index in [1.165, 1.54) is 7.11 Å². The van der Waals surface area contributed by atoms with Crippen LogP contribution in [-0.2, 0) is 20.8 Å². The fourth-order valence-electron chi connectivity index (χ4n) is 3.48. The van der Waals surface area contributed by atoms with Crippen LogP contribution in [0.2, 0.25) is 0 Å². The molecule has 3 rings (SSSR count). The zero-order valence-corrected chi connectivity index (χ0v) is 17.9. The Kier molecular flexibility index (Phi) is 6.64. The quantitative estimate of drug-likeness (QED) is 0.798. The number of carbonyl (C=O) groups is 1. The molecule has 0 spiro atoms. The van der Waals surface area contributed by atoms with Crippen LogP contribution < -0.4 is 10.2 Å². The third kappa shape index (κ3) is 5.06. The fourth-order valence-corrected chi connectivity index (χ4v) is 4.57. The van der Waals surface area contributed by atoms with Crippen molar-refractivity contribution in [3.63, 3.8) is 0 Å². The maximum absolute atomic E-state index is 11.9. The Hall–Kier alpha value is -2.03. The van der Waals surface area contributed by atoms with Crippen molar-refractivity contribution in [3.05, 3.63) is 29.2 Å². The van der Waals surface area contributed by atoms with Crippen LogP contribution in [0, 0.1) is 13.8 Å². The Bertz CT molecular complexity index is 809. The number of carbonyl (C=O) groups excluding carboxylic acids is 1. The predicted molar refractivity (Wildman–Crippen MR) is 111 cm³/mol. The van der Waals surface area contributed by atoms with Gasteiger partial charge in [-0.1, -0.05) is 11.3 Å². The van der Waals surface area contributed by atoms with E-state index >= 15 is 0 Å². The van der Waals surface area contributed by atoms with Gasteiger partial charge < -0.3 is 19.7 Å². The molecule has 0 saturated carbocycles. The minimum atomic E-state index is -0.154. The van der Waals surface area contributed by atoms with Crippen LogP contribution in [0.4, 0.5) is 5.13 Å². The lowest BCUT2D eigenvalue weighted by molar-refractivity contribution is -0.124. The van der Waals surface area contributed by atoms with Gasteiger partial charge in [-0.15, -0.1) is 0 Å². The molecule has 2 aromatic rings. The number of nitrogens with one attached hydrogen (secondary N) is 1. The number of ether oxygens (including phenoxy) is 2. The number of hydrogen-bond donors (Lipinski definition) is 1. The predicted octanol–water partition coefficient (Wildman–Crippen LogP) is 2.70. The molecule has 0 unspecified atom stereocenters. The van der Waals surface area contributed by atoms with E-state index in [9.17, 15) is 4.79 Å². The molecule has 3 heterocycles. The summed E-state index contributed by atoms with van der Waals surface area (Å²) in [6.45, 7) is 10.2. The van der Waals surface area contributed by atoms with Crippen molar-refractivity contribution in [1.29, 1.82) is 0 Å². The van der Waals surface area contributed by atoms with Gasteiger partial charge in [0.2, 0.25) is 5.91 Å². The molecule has 1 aliphatic rings. The van der Waals surface area contributed by atoms with Crippen LogP contribution in [-0.4, -0.2) is 54.9 Å². The zero-order valence-electron chi connectivity index (χ0n) is 17.1. The molecule has 8 heteroatoms. The second-order valence-electron chi connectivity index (χ2n) is 7.28. The van der Waals surface area contributed by atoms with Gasteiger partial charge in [-0.25, -0.2) is 4.98 Å². The van der Waals surface area contributed by atoms with Gasteiger partial charge in [0.05, 0.1) is 29.3 Å². The van der Waals surface area contributed by atoms with E-state index in [0.29, 0.717) is 6.54 Å². The van der Waals surface area contributed by atoms with Gasteiger partial charge >= 0.3 is 0 Å². The minimum absolute atomic E-state index is 0.0400. The molecule has 2 atom stereocenters. The number of aromatic nitrogens is 2. The van der Waals surface area contributed by atoms with Gasteiger partial charge in [0.1, 0.15) is 6.61 Å². The summed E-state index contributed by atoms with van der Waals surface area (Å²) in [6, 6.07) is 4.13. The lowest BCUT2D eigenvalue weighted by Crippen LogP contribution is -2.45. The largest absolute Gasteiger partial charge is 0.375 e. The van der Waals surface area contributed by atoms with Crippen molar-refractivity contribution in [1.82, 2.24) is 15.3 Å². The maximum atomic E-state index is 11.9. The number of morpholine rings is 1. The van der Waals surface area contributed by atoms with Gasteiger partial charge in [-0.2, -0.15) is 0 Å². The smallest absolute Gasteiger partial charge is 0.246 e. The fraction of sp³-hybridized carbons (Fsp3) is 0.550. The average molecular weight is 405 g/mol. The summed E-state index contributed by atoms with van der Waals surface area (Å²) in [5.41, 5.74) is 3.88. The van der Waals surface area contributed by atoms with E-state index in [-0.39, 0.29) is 24.7 Å². The molecule has 1 amide bonds. The Morgan fingerprint density at radius 2 is 1.89 bits per heavy atom. The number of rotatable bonds is 6. The van der Waals surface area contributed by atoms with Crippen LogP contribution >= 0.6 is 11.3 Å². The molecule has 0 bridgehead atoms. The zero-order chi connectivity index (χ0) is 20.3. The maximum Gasteiger partial charge on any atom is 0.246 e. The number of nitrogens with zero attached hydrogens (tertiary/aromatic N) is 3. The first kappa shape index (κ1) is 20.7. The topological polar surface area (TPSA) is 76.6 Å². The van der Waals surface area contributed by atoms with Crippen LogP contribution in [0.5, 0.6) is 0 Å². The molecule has 152 valence electrons. The molecule has 1 N–H and O–H groups in total. The lowest BCUT2D eigenvalue weighted by Gasteiger charge is -2.35. The van der Waals surface area contributed by atoms with E-state index in [0.717, 1.165) is 45.7 Å². The monoisotopic (exact) mass is 404 g/mol. The number of amides is 1. The Morgan fingerprint density at radius 3 is 2.50 bits per heavy atom. The number of methoxy groups -OCH3 is 1. The van der Waals surface area contributed by atoms with E-state index in [4.69, 9.17) is 14.5 Å². The van der Waals surface area contributed by atoms with Crippen molar-refractivity contribution < 1.29 is 14.3 Å². The first-order chi connectivity index (χ1) is 13.4. The second kappa shape index (κ2) is 8.98. The molecule has 0 aliphatic carbocycles. The minimum Gasteiger partial charge on any atom is -0.375 e. The lowest BCUT2D eigenvalue weighted by atomic mass is 10.1. The van der Waals surface area contributed by atoms with Gasteiger partial charge in [0, 0.05) is 31.6 Å².